The molecule has 0 aromatic heterocycles. The summed E-state index contributed by atoms with van der Waals surface area (Å²) in [6.07, 6.45) is 1.40. The highest BCUT2D eigenvalue weighted by atomic mass is 31.2. The van der Waals surface area contributed by atoms with Crippen molar-refractivity contribution in [2.45, 2.75) is 79.3 Å². The standard InChI is InChI=1S/C21H42N3O7P/c1-8-15(5)18(20(26)30-10-3)22-32(29,14-12-13-17(25)24(7)28)23-19(16(6)9-2)21(27)31-11-4/h15-16,18-19,28H,8-14H2,1-7H3,(H2,22,23,29)/t15-,16-,18-,19-/m0/s1. The van der Waals surface area contributed by atoms with Gasteiger partial charge in [-0.05, 0) is 32.1 Å². The van der Waals surface area contributed by atoms with E-state index in [-0.39, 0.29) is 44.1 Å². The van der Waals surface area contributed by atoms with E-state index in [0.717, 1.165) is 0 Å². The van der Waals surface area contributed by atoms with Crippen LogP contribution < -0.4 is 10.2 Å². The van der Waals surface area contributed by atoms with Crippen LogP contribution in [-0.2, 0) is 28.4 Å². The predicted molar refractivity (Wildman–Crippen MR) is 122 cm³/mol. The molecule has 11 heteroatoms. The average molecular weight is 480 g/mol. The van der Waals surface area contributed by atoms with Crippen molar-refractivity contribution in [2.75, 3.05) is 26.4 Å². The van der Waals surface area contributed by atoms with Gasteiger partial charge in [0, 0.05) is 19.6 Å². The zero-order valence-corrected chi connectivity index (χ0v) is 21.4. The number of hydroxylamine groups is 2. The van der Waals surface area contributed by atoms with Crippen molar-refractivity contribution >= 4 is 25.3 Å². The average Bonchev–Trinajstić information content (AvgIpc) is 2.75. The molecule has 3 N–H and O–H groups in total. The minimum Gasteiger partial charge on any atom is -0.465 e. The summed E-state index contributed by atoms with van der Waals surface area (Å²) in [5.74, 6) is -1.93. The molecule has 0 fully saturated rings. The first-order chi connectivity index (χ1) is 15.0. The van der Waals surface area contributed by atoms with Gasteiger partial charge in [-0.25, -0.2) is 15.2 Å². The zero-order chi connectivity index (χ0) is 24.9. The Kier molecular flexibility index (Phi) is 14.7. The second kappa shape index (κ2) is 15.4. The molecule has 32 heavy (non-hydrogen) atoms. The van der Waals surface area contributed by atoms with Gasteiger partial charge in [0.25, 0.3) is 0 Å². The summed E-state index contributed by atoms with van der Waals surface area (Å²) in [7, 11) is -2.34. The van der Waals surface area contributed by atoms with Crippen molar-refractivity contribution in [1.29, 1.82) is 0 Å². The maximum Gasteiger partial charge on any atom is 0.323 e. The topological polar surface area (TPSA) is 134 Å². The third-order valence-corrected chi connectivity index (χ3v) is 7.76. The highest BCUT2D eigenvalue weighted by Crippen LogP contribution is 2.41. The van der Waals surface area contributed by atoms with Crippen molar-refractivity contribution in [3.63, 3.8) is 0 Å². The number of carbonyl (C=O) groups excluding carboxylic acids is 3. The Hall–Kier alpha value is -1.48. The molecule has 0 aliphatic carbocycles. The molecular weight excluding hydrogens is 437 g/mol. The Morgan fingerprint density at radius 2 is 1.31 bits per heavy atom. The molecular formula is C21H42N3O7P. The molecule has 0 heterocycles. The summed E-state index contributed by atoms with van der Waals surface area (Å²) in [5, 5.41) is 15.7. The van der Waals surface area contributed by atoms with E-state index < -0.39 is 37.4 Å². The Bertz CT molecular complexity index is 607. The zero-order valence-electron chi connectivity index (χ0n) is 20.6. The smallest absolute Gasteiger partial charge is 0.323 e. The first-order valence-electron chi connectivity index (χ1n) is 11.4. The van der Waals surface area contributed by atoms with Crippen LogP contribution in [-0.4, -0.2) is 66.6 Å². The Morgan fingerprint density at radius 1 is 0.906 bits per heavy atom. The van der Waals surface area contributed by atoms with Crippen LogP contribution in [0.2, 0.25) is 0 Å². The van der Waals surface area contributed by atoms with Gasteiger partial charge in [-0.1, -0.05) is 40.5 Å². The molecule has 0 saturated heterocycles. The maximum atomic E-state index is 14.0. The highest BCUT2D eigenvalue weighted by molar-refractivity contribution is 7.59. The van der Waals surface area contributed by atoms with E-state index in [0.29, 0.717) is 17.9 Å². The SMILES string of the molecule is CCOC(=O)[C@@H](NP(=O)(CCCC(=O)N(C)O)N[C@H](C(=O)OCC)[C@@H](C)CC)[C@@H](C)CC. The van der Waals surface area contributed by atoms with E-state index in [1.165, 1.54) is 7.05 Å². The first-order valence-corrected chi connectivity index (χ1v) is 13.3. The van der Waals surface area contributed by atoms with Crippen molar-refractivity contribution in [3.05, 3.63) is 0 Å². The fourth-order valence-electron chi connectivity index (χ4n) is 2.99. The number of hydrogen-bond donors (Lipinski definition) is 3. The number of amides is 1. The fourth-order valence-corrected chi connectivity index (χ4v) is 5.55. The first kappa shape index (κ1) is 30.5. The van der Waals surface area contributed by atoms with Gasteiger partial charge in [0.15, 0.2) is 0 Å². The van der Waals surface area contributed by atoms with Crippen molar-refractivity contribution in [3.8, 4) is 0 Å². The van der Waals surface area contributed by atoms with Crippen LogP contribution >= 0.6 is 7.44 Å². The van der Waals surface area contributed by atoms with Gasteiger partial charge in [0.2, 0.25) is 13.4 Å². The molecule has 0 aromatic rings. The Labute approximate surface area is 192 Å². The molecule has 10 nitrogen and oxygen atoms in total. The van der Waals surface area contributed by atoms with E-state index in [4.69, 9.17) is 9.47 Å². The molecule has 188 valence electrons. The van der Waals surface area contributed by atoms with Gasteiger partial charge in [-0.3, -0.25) is 24.2 Å². The second-order valence-electron chi connectivity index (χ2n) is 7.97. The lowest BCUT2D eigenvalue weighted by Gasteiger charge is -2.32. The van der Waals surface area contributed by atoms with Gasteiger partial charge in [0.1, 0.15) is 12.1 Å². The summed E-state index contributed by atoms with van der Waals surface area (Å²) in [6, 6.07) is -1.71. The Balaban J connectivity index is 5.91. The molecule has 0 radical (unpaired) electrons. The van der Waals surface area contributed by atoms with Gasteiger partial charge in [-0.15, -0.1) is 0 Å². The predicted octanol–water partition coefficient (Wildman–Crippen LogP) is 2.94. The third-order valence-electron chi connectivity index (χ3n) is 5.43. The summed E-state index contributed by atoms with van der Waals surface area (Å²) in [4.78, 5) is 36.9. The molecule has 0 aromatic carbocycles. The van der Waals surface area contributed by atoms with E-state index in [2.05, 4.69) is 10.2 Å². The largest absolute Gasteiger partial charge is 0.465 e. The lowest BCUT2D eigenvalue weighted by molar-refractivity contribution is -0.159. The monoisotopic (exact) mass is 479 g/mol. The van der Waals surface area contributed by atoms with Crippen LogP contribution in [0, 0.1) is 11.8 Å². The summed E-state index contributed by atoms with van der Waals surface area (Å²) in [6.45, 7) is 11.3. The van der Waals surface area contributed by atoms with E-state index >= 15 is 0 Å². The van der Waals surface area contributed by atoms with Gasteiger partial charge >= 0.3 is 11.9 Å². The number of nitrogens with zero attached hydrogens (tertiary/aromatic N) is 1. The second-order valence-corrected chi connectivity index (χ2v) is 10.4. The van der Waals surface area contributed by atoms with Gasteiger partial charge in [-0.2, -0.15) is 0 Å². The number of ether oxygens (including phenoxy) is 2. The number of carbonyl (C=O) groups is 3. The third kappa shape index (κ3) is 10.4. The molecule has 0 bridgehead atoms. The quantitative estimate of drug-likeness (QED) is 0.132. The summed E-state index contributed by atoms with van der Waals surface area (Å²) in [5.41, 5.74) is 0. The number of nitrogens with one attached hydrogen (secondary N) is 2. The lowest BCUT2D eigenvalue weighted by Crippen LogP contribution is -2.49. The maximum absolute atomic E-state index is 14.0. The minimum atomic E-state index is -3.56. The van der Waals surface area contributed by atoms with Crippen LogP contribution in [0.5, 0.6) is 0 Å². The number of hydrogen-bond acceptors (Lipinski definition) is 7. The van der Waals surface area contributed by atoms with E-state index in [1.807, 2.05) is 27.7 Å². The van der Waals surface area contributed by atoms with Crippen LogP contribution in [0.25, 0.3) is 0 Å². The van der Waals surface area contributed by atoms with Crippen molar-refractivity contribution in [1.82, 2.24) is 15.2 Å². The van der Waals surface area contributed by atoms with E-state index in [1.54, 1.807) is 13.8 Å². The van der Waals surface area contributed by atoms with Crippen LogP contribution in [0.15, 0.2) is 0 Å². The minimum absolute atomic E-state index is 0.00867. The van der Waals surface area contributed by atoms with Crippen molar-refractivity contribution in [2.24, 2.45) is 11.8 Å². The van der Waals surface area contributed by atoms with Crippen molar-refractivity contribution < 1.29 is 33.6 Å². The molecule has 0 unspecified atom stereocenters. The molecule has 0 aliphatic rings. The summed E-state index contributed by atoms with van der Waals surface area (Å²) >= 11 is 0. The van der Waals surface area contributed by atoms with Gasteiger partial charge in [0.05, 0.1) is 13.2 Å². The van der Waals surface area contributed by atoms with Crippen LogP contribution in [0.1, 0.15) is 67.2 Å². The summed E-state index contributed by atoms with van der Waals surface area (Å²) < 4.78 is 24.4. The van der Waals surface area contributed by atoms with Crippen LogP contribution in [0.4, 0.5) is 0 Å². The number of esters is 2. The van der Waals surface area contributed by atoms with E-state index in [9.17, 15) is 24.2 Å². The molecule has 4 atom stereocenters. The number of rotatable bonds is 16. The molecule has 0 rings (SSSR count). The van der Waals surface area contributed by atoms with Crippen LogP contribution in [0.3, 0.4) is 0 Å². The Morgan fingerprint density at radius 3 is 1.62 bits per heavy atom. The molecule has 0 spiro atoms. The highest BCUT2D eigenvalue weighted by Gasteiger charge is 2.38. The van der Waals surface area contributed by atoms with Gasteiger partial charge < -0.3 is 9.47 Å². The molecule has 0 aliphatic heterocycles. The fraction of sp³-hybridized carbons (Fsp3) is 0.857. The molecule has 0 saturated carbocycles. The lowest BCUT2D eigenvalue weighted by atomic mass is 10.0. The normalized spacial score (nSPS) is 15.4. The molecule has 1 amide bonds.